The number of hydrogen-bond donors (Lipinski definition) is 0. The van der Waals surface area contributed by atoms with Gasteiger partial charge in [0.1, 0.15) is 0 Å². The third-order valence-electron chi connectivity index (χ3n) is 5.21. The average Bonchev–Trinajstić information content (AvgIpc) is 2.64. The molecule has 0 N–H and O–H groups in total. The van der Waals surface area contributed by atoms with Crippen molar-refractivity contribution in [3.63, 3.8) is 0 Å². The summed E-state index contributed by atoms with van der Waals surface area (Å²) in [4.78, 5) is 28.4. The first-order valence-electron chi connectivity index (χ1n) is 9.15. The van der Waals surface area contributed by atoms with Gasteiger partial charge in [-0.1, -0.05) is 30.3 Å². The van der Waals surface area contributed by atoms with Crippen molar-refractivity contribution in [1.82, 2.24) is 4.90 Å². The van der Waals surface area contributed by atoms with Crippen molar-refractivity contribution in [1.29, 1.82) is 0 Å². The van der Waals surface area contributed by atoms with Crippen molar-refractivity contribution in [3.05, 3.63) is 64.7 Å². The molecule has 1 aliphatic rings. The van der Waals surface area contributed by atoms with Gasteiger partial charge in [-0.15, -0.1) is 0 Å². The molecule has 4 heteroatoms. The lowest BCUT2D eigenvalue weighted by Gasteiger charge is -2.30. The number of aryl methyl sites for hydroxylation is 2. The van der Waals surface area contributed by atoms with E-state index >= 15 is 0 Å². The lowest BCUT2D eigenvalue weighted by atomic mass is 10.00. The molecular formula is C22H26N2O2. The van der Waals surface area contributed by atoms with Crippen molar-refractivity contribution < 1.29 is 9.59 Å². The van der Waals surface area contributed by atoms with Crippen LogP contribution in [-0.4, -0.2) is 29.8 Å². The molecule has 0 unspecified atom stereocenters. The zero-order valence-electron chi connectivity index (χ0n) is 15.8. The Hall–Kier alpha value is -2.62. The maximum atomic E-state index is 12.7. The van der Waals surface area contributed by atoms with E-state index in [9.17, 15) is 9.59 Å². The molecule has 2 aromatic carbocycles. The Bertz CT molecular complexity index is 829. The lowest BCUT2D eigenvalue weighted by molar-refractivity contribution is -0.131. The van der Waals surface area contributed by atoms with Gasteiger partial charge in [0.25, 0.3) is 0 Å². The first kappa shape index (κ1) is 18.2. The Morgan fingerprint density at radius 2 is 1.77 bits per heavy atom. The van der Waals surface area contributed by atoms with E-state index in [0.717, 1.165) is 24.2 Å². The van der Waals surface area contributed by atoms with Crippen LogP contribution in [0.2, 0.25) is 0 Å². The molecular weight excluding hydrogens is 324 g/mol. The minimum atomic E-state index is -0.0370. The number of carbonyl (C=O) groups is 2. The van der Waals surface area contributed by atoms with Crippen LogP contribution in [0.3, 0.4) is 0 Å². The fourth-order valence-corrected chi connectivity index (χ4v) is 3.44. The summed E-state index contributed by atoms with van der Waals surface area (Å²) in [6.07, 6.45) is 1.24. The van der Waals surface area contributed by atoms with Crippen LogP contribution < -0.4 is 4.90 Å². The molecule has 136 valence electrons. The molecule has 3 rings (SSSR count). The topological polar surface area (TPSA) is 40.6 Å². The van der Waals surface area contributed by atoms with E-state index in [0.29, 0.717) is 19.5 Å². The molecule has 2 aromatic rings. The average molecular weight is 350 g/mol. The van der Waals surface area contributed by atoms with E-state index in [1.807, 2.05) is 42.2 Å². The summed E-state index contributed by atoms with van der Waals surface area (Å²) in [6.45, 7) is 7.46. The second kappa shape index (κ2) is 7.73. The van der Waals surface area contributed by atoms with Gasteiger partial charge in [0.2, 0.25) is 11.8 Å². The van der Waals surface area contributed by atoms with Crippen molar-refractivity contribution in [2.75, 3.05) is 18.0 Å². The molecule has 0 fully saturated rings. The summed E-state index contributed by atoms with van der Waals surface area (Å²) in [6, 6.07) is 14.3. The predicted molar refractivity (Wildman–Crippen MR) is 104 cm³/mol. The molecule has 0 aromatic heterocycles. The van der Waals surface area contributed by atoms with E-state index in [4.69, 9.17) is 0 Å². The third kappa shape index (κ3) is 3.96. The minimum absolute atomic E-state index is 0.0370. The van der Waals surface area contributed by atoms with Crippen LogP contribution in [0.25, 0.3) is 0 Å². The van der Waals surface area contributed by atoms with E-state index in [-0.39, 0.29) is 11.8 Å². The highest BCUT2D eigenvalue weighted by Gasteiger charge is 2.21. The van der Waals surface area contributed by atoms with Crippen molar-refractivity contribution in [2.24, 2.45) is 0 Å². The monoisotopic (exact) mass is 350 g/mol. The highest BCUT2D eigenvalue weighted by Crippen LogP contribution is 2.21. The number of benzene rings is 2. The second-order valence-corrected chi connectivity index (χ2v) is 7.02. The fourth-order valence-electron chi connectivity index (χ4n) is 3.44. The van der Waals surface area contributed by atoms with Crippen molar-refractivity contribution >= 4 is 17.5 Å². The van der Waals surface area contributed by atoms with Crippen molar-refractivity contribution in [2.45, 2.75) is 40.2 Å². The molecule has 1 heterocycles. The molecule has 0 atom stereocenters. The summed E-state index contributed by atoms with van der Waals surface area (Å²) < 4.78 is 0. The van der Waals surface area contributed by atoms with Crippen LogP contribution in [0.5, 0.6) is 0 Å². The highest BCUT2D eigenvalue weighted by atomic mass is 16.2. The second-order valence-electron chi connectivity index (χ2n) is 7.02. The maximum absolute atomic E-state index is 12.7. The number of rotatable bonds is 4. The molecule has 0 saturated heterocycles. The van der Waals surface area contributed by atoms with E-state index in [2.05, 4.69) is 19.1 Å². The molecule has 4 nitrogen and oxygen atoms in total. The molecule has 0 radical (unpaired) electrons. The zero-order chi connectivity index (χ0) is 18.7. The van der Waals surface area contributed by atoms with Crippen LogP contribution in [0, 0.1) is 13.8 Å². The Morgan fingerprint density at radius 3 is 2.46 bits per heavy atom. The standard InChI is InChI=1S/C22H26N2O2/c1-16-8-9-21(14-17(16)2)24(18(3)25)13-11-22(26)23-12-10-19-6-4-5-7-20(19)15-23/h4-9,14H,10-13,15H2,1-3H3. The van der Waals surface area contributed by atoms with Crippen LogP contribution in [0.4, 0.5) is 5.69 Å². The zero-order valence-corrected chi connectivity index (χ0v) is 15.8. The van der Waals surface area contributed by atoms with Gasteiger partial charge < -0.3 is 9.80 Å². The van der Waals surface area contributed by atoms with Gasteiger partial charge in [-0.25, -0.2) is 0 Å². The van der Waals surface area contributed by atoms with Crippen molar-refractivity contribution in [3.8, 4) is 0 Å². The molecule has 0 saturated carbocycles. The molecule has 1 aliphatic heterocycles. The normalized spacial score (nSPS) is 13.3. The summed E-state index contributed by atoms with van der Waals surface area (Å²) in [5, 5.41) is 0. The van der Waals surface area contributed by atoms with Gasteiger partial charge >= 0.3 is 0 Å². The Kier molecular flexibility index (Phi) is 5.40. The summed E-state index contributed by atoms with van der Waals surface area (Å²) in [7, 11) is 0. The molecule has 0 aliphatic carbocycles. The molecule has 0 spiro atoms. The first-order chi connectivity index (χ1) is 12.5. The van der Waals surface area contributed by atoms with Gasteiger partial charge in [-0.3, -0.25) is 9.59 Å². The van der Waals surface area contributed by atoms with E-state index in [1.54, 1.807) is 11.8 Å². The number of carbonyl (C=O) groups excluding carboxylic acids is 2. The van der Waals surface area contributed by atoms with Gasteiger partial charge in [0.05, 0.1) is 0 Å². The predicted octanol–water partition coefficient (Wildman–Crippen LogP) is 3.63. The highest BCUT2D eigenvalue weighted by molar-refractivity contribution is 5.92. The van der Waals surface area contributed by atoms with E-state index in [1.165, 1.54) is 16.7 Å². The van der Waals surface area contributed by atoms with E-state index < -0.39 is 0 Å². The largest absolute Gasteiger partial charge is 0.338 e. The summed E-state index contributed by atoms with van der Waals surface area (Å²) in [5.41, 5.74) is 5.76. The van der Waals surface area contributed by atoms with Crippen LogP contribution >= 0.6 is 0 Å². The van der Waals surface area contributed by atoms with Gasteiger partial charge in [0.15, 0.2) is 0 Å². The van der Waals surface area contributed by atoms with Gasteiger partial charge in [-0.05, 0) is 54.7 Å². The Labute approximate surface area is 155 Å². The third-order valence-corrected chi connectivity index (χ3v) is 5.21. The smallest absolute Gasteiger partial charge is 0.224 e. The van der Waals surface area contributed by atoms with Crippen LogP contribution in [-0.2, 0) is 22.6 Å². The summed E-state index contributed by atoms with van der Waals surface area (Å²) in [5.74, 6) is 0.0691. The maximum Gasteiger partial charge on any atom is 0.224 e. The molecule has 2 amide bonds. The SMILES string of the molecule is CC(=O)N(CCC(=O)N1CCc2ccccc2C1)c1ccc(C)c(C)c1. The fraction of sp³-hybridized carbons (Fsp3) is 0.364. The summed E-state index contributed by atoms with van der Waals surface area (Å²) >= 11 is 0. The quantitative estimate of drug-likeness (QED) is 0.845. The lowest BCUT2D eigenvalue weighted by Crippen LogP contribution is -2.39. The van der Waals surface area contributed by atoms with Crippen LogP contribution in [0.15, 0.2) is 42.5 Å². The van der Waals surface area contributed by atoms with Gasteiger partial charge in [-0.2, -0.15) is 0 Å². The Balaban J connectivity index is 1.65. The number of nitrogens with zero attached hydrogens (tertiary/aromatic N) is 2. The Morgan fingerprint density at radius 1 is 1.04 bits per heavy atom. The minimum Gasteiger partial charge on any atom is -0.338 e. The van der Waals surface area contributed by atoms with Crippen LogP contribution in [0.1, 0.15) is 35.6 Å². The number of hydrogen-bond acceptors (Lipinski definition) is 2. The van der Waals surface area contributed by atoms with Gasteiger partial charge in [0, 0.05) is 38.7 Å². The number of fused-ring (bicyclic) bond motifs is 1. The first-order valence-corrected chi connectivity index (χ1v) is 9.15. The number of anilines is 1. The molecule has 26 heavy (non-hydrogen) atoms. The number of amides is 2. The molecule has 0 bridgehead atoms.